The van der Waals surface area contributed by atoms with Crippen molar-refractivity contribution in [1.82, 2.24) is 10.2 Å². The Hall–Kier alpha value is -1.59. The lowest BCUT2D eigenvalue weighted by atomic mass is 10.0. The third-order valence-electron chi connectivity index (χ3n) is 4.20. The highest BCUT2D eigenvalue weighted by atomic mass is 35.5. The van der Waals surface area contributed by atoms with Gasteiger partial charge in [-0.2, -0.15) is 0 Å². The molecule has 0 bridgehead atoms. The van der Waals surface area contributed by atoms with Crippen molar-refractivity contribution in [3.05, 3.63) is 34.9 Å². The molecule has 6 heteroatoms. The van der Waals surface area contributed by atoms with E-state index in [1.165, 1.54) is 6.92 Å². The molecule has 2 amide bonds. The number of halogens is 1. The lowest BCUT2D eigenvalue weighted by Crippen LogP contribution is -2.42. The van der Waals surface area contributed by atoms with Gasteiger partial charge in [0, 0.05) is 37.6 Å². The molecular weight excluding hydrogens is 314 g/mol. The van der Waals surface area contributed by atoms with Gasteiger partial charge in [0.15, 0.2) is 0 Å². The number of carbonyl (C=O) groups excluding carboxylic acids is 2. The van der Waals surface area contributed by atoms with Gasteiger partial charge in [0.25, 0.3) is 0 Å². The van der Waals surface area contributed by atoms with Crippen LogP contribution in [0.5, 0.6) is 0 Å². The minimum Gasteiger partial charge on any atom is -0.355 e. The van der Waals surface area contributed by atoms with Gasteiger partial charge in [0.05, 0.1) is 5.92 Å². The van der Waals surface area contributed by atoms with Gasteiger partial charge in [-0.1, -0.05) is 23.7 Å². The van der Waals surface area contributed by atoms with Gasteiger partial charge in [-0.05, 0) is 37.0 Å². The summed E-state index contributed by atoms with van der Waals surface area (Å²) < 4.78 is 0. The molecule has 0 aromatic heterocycles. The van der Waals surface area contributed by atoms with Gasteiger partial charge in [-0.3, -0.25) is 9.59 Å². The molecule has 0 spiro atoms. The van der Waals surface area contributed by atoms with Crippen LogP contribution in [0.4, 0.5) is 0 Å². The van der Waals surface area contributed by atoms with E-state index in [0.717, 1.165) is 18.4 Å². The van der Waals surface area contributed by atoms with Crippen molar-refractivity contribution in [2.45, 2.75) is 32.2 Å². The molecule has 0 unspecified atom stereocenters. The molecule has 0 radical (unpaired) electrons. The van der Waals surface area contributed by atoms with Crippen LogP contribution in [-0.4, -0.2) is 42.4 Å². The van der Waals surface area contributed by atoms with Crippen LogP contribution in [0.15, 0.2) is 24.3 Å². The highest BCUT2D eigenvalue weighted by Crippen LogP contribution is 2.17. The number of nitrogens with zero attached hydrogens (tertiary/aromatic N) is 1. The molecule has 1 aliphatic heterocycles. The first-order valence-electron chi connectivity index (χ1n) is 7.99. The molecule has 1 saturated heterocycles. The smallest absolute Gasteiger partial charge is 0.224 e. The molecule has 0 aliphatic carbocycles. The Bertz CT molecular complexity index is 565. The Morgan fingerprint density at radius 1 is 1.35 bits per heavy atom. The molecule has 2 atom stereocenters. The van der Waals surface area contributed by atoms with Crippen LogP contribution in [0, 0.1) is 5.92 Å². The van der Waals surface area contributed by atoms with Crippen LogP contribution >= 0.6 is 11.6 Å². The first kappa shape index (κ1) is 17.8. The number of nitrogens with one attached hydrogen (secondary N) is 1. The number of likely N-dealkylation sites (tertiary alicyclic amines) is 1. The molecule has 1 aromatic rings. The maximum Gasteiger partial charge on any atom is 0.224 e. The Morgan fingerprint density at radius 3 is 2.83 bits per heavy atom. The maximum atomic E-state index is 12.4. The second kappa shape index (κ2) is 8.31. The number of benzene rings is 1. The zero-order valence-corrected chi connectivity index (χ0v) is 14.2. The van der Waals surface area contributed by atoms with Gasteiger partial charge >= 0.3 is 0 Å². The first-order valence-corrected chi connectivity index (χ1v) is 8.36. The fourth-order valence-electron chi connectivity index (χ4n) is 2.86. The lowest BCUT2D eigenvalue weighted by molar-refractivity contribution is -0.131. The number of nitrogens with two attached hydrogens (primary N) is 1. The van der Waals surface area contributed by atoms with Crippen molar-refractivity contribution in [2.24, 2.45) is 11.7 Å². The first-order chi connectivity index (χ1) is 11.0. The van der Waals surface area contributed by atoms with E-state index in [2.05, 4.69) is 5.32 Å². The molecule has 1 heterocycles. The molecule has 1 fully saturated rings. The van der Waals surface area contributed by atoms with Crippen LogP contribution in [0.1, 0.15) is 25.3 Å². The summed E-state index contributed by atoms with van der Waals surface area (Å²) in [5, 5.41) is 3.66. The summed E-state index contributed by atoms with van der Waals surface area (Å²) >= 11 is 5.95. The van der Waals surface area contributed by atoms with E-state index in [0.29, 0.717) is 31.1 Å². The van der Waals surface area contributed by atoms with Crippen LogP contribution in [0.25, 0.3) is 0 Å². The third kappa shape index (κ3) is 5.52. The van der Waals surface area contributed by atoms with Crippen molar-refractivity contribution < 1.29 is 9.59 Å². The predicted octanol–water partition coefficient (Wildman–Crippen LogP) is 1.58. The third-order valence-corrected chi connectivity index (χ3v) is 4.43. The predicted molar refractivity (Wildman–Crippen MR) is 91.1 cm³/mol. The Labute approximate surface area is 142 Å². The summed E-state index contributed by atoms with van der Waals surface area (Å²) in [6.07, 6.45) is 2.21. The van der Waals surface area contributed by atoms with Gasteiger partial charge in [-0.15, -0.1) is 0 Å². The average Bonchev–Trinajstić information content (AvgIpc) is 2.69. The van der Waals surface area contributed by atoms with Crippen molar-refractivity contribution in [1.29, 1.82) is 0 Å². The fraction of sp³-hybridized carbons (Fsp3) is 0.529. The van der Waals surface area contributed by atoms with Crippen LogP contribution < -0.4 is 11.1 Å². The van der Waals surface area contributed by atoms with Crippen molar-refractivity contribution in [3.8, 4) is 0 Å². The van der Waals surface area contributed by atoms with E-state index < -0.39 is 0 Å². The Kier molecular flexibility index (Phi) is 6.42. The normalized spacial score (nSPS) is 21.6. The van der Waals surface area contributed by atoms with Crippen LogP contribution in [0.2, 0.25) is 5.02 Å². The van der Waals surface area contributed by atoms with E-state index >= 15 is 0 Å². The summed E-state index contributed by atoms with van der Waals surface area (Å²) in [6.45, 7) is 3.06. The lowest BCUT2D eigenvalue weighted by Gasteiger charge is -2.23. The molecule has 23 heavy (non-hydrogen) atoms. The highest BCUT2D eigenvalue weighted by molar-refractivity contribution is 6.30. The Morgan fingerprint density at radius 2 is 2.13 bits per heavy atom. The summed E-state index contributed by atoms with van der Waals surface area (Å²) in [5.41, 5.74) is 7.07. The topological polar surface area (TPSA) is 75.4 Å². The molecule has 2 rings (SSSR count). The fourth-order valence-corrected chi connectivity index (χ4v) is 3.07. The van der Waals surface area contributed by atoms with Crippen LogP contribution in [-0.2, 0) is 16.0 Å². The zero-order chi connectivity index (χ0) is 16.8. The molecule has 0 saturated carbocycles. The number of rotatable bonds is 4. The molecule has 3 N–H and O–H groups in total. The summed E-state index contributed by atoms with van der Waals surface area (Å²) in [7, 11) is 0. The summed E-state index contributed by atoms with van der Waals surface area (Å²) in [5.74, 6) is -0.224. The number of carbonyl (C=O) groups is 2. The van der Waals surface area contributed by atoms with Crippen molar-refractivity contribution in [2.75, 3.05) is 19.6 Å². The van der Waals surface area contributed by atoms with Gasteiger partial charge in [0.1, 0.15) is 0 Å². The molecule has 5 nitrogen and oxygen atoms in total. The van der Waals surface area contributed by atoms with Crippen LogP contribution in [0.3, 0.4) is 0 Å². The van der Waals surface area contributed by atoms with E-state index in [1.54, 1.807) is 4.90 Å². The minimum atomic E-state index is -0.188. The van der Waals surface area contributed by atoms with Gasteiger partial charge in [0.2, 0.25) is 11.8 Å². The second-order valence-electron chi connectivity index (χ2n) is 6.13. The SMILES string of the molecule is CC(=O)N1C[C@@H](N)CC[C@@H](C(=O)NCCc2cccc(Cl)c2)C1. The number of hydrogen-bond donors (Lipinski definition) is 2. The standard InChI is InChI=1S/C17H24ClN3O2/c1-12(22)21-10-14(5-6-16(19)11-21)17(23)20-8-7-13-3-2-4-15(18)9-13/h2-4,9,14,16H,5-8,10-11,19H2,1H3,(H,20,23)/t14-,16+/m1/s1. The monoisotopic (exact) mass is 337 g/mol. The van der Waals surface area contributed by atoms with E-state index in [-0.39, 0.29) is 23.8 Å². The van der Waals surface area contributed by atoms with Crippen molar-refractivity contribution in [3.63, 3.8) is 0 Å². The largest absolute Gasteiger partial charge is 0.355 e. The molecule has 1 aliphatic rings. The average molecular weight is 338 g/mol. The highest BCUT2D eigenvalue weighted by Gasteiger charge is 2.27. The zero-order valence-electron chi connectivity index (χ0n) is 13.4. The van der Waals surface area contributed by atoms with E-state index in [9.17, 15) is 9.59 Å². The molecule has 126 valence electrons. The Balaban J connectivity index is 1.85. The number of hydrogen-bond acceptors (Lipinski definition) is 3. The minimum absolute atomic E-state index is 0.00706. The van der Waals surface area contributed by atoms with Gasteiger partial charge < -0.3 is 16.0 Å². The van der Waals surface area contributed by atoms with Crippen molar-refractivity contribution >= 4 is 23.4 Å². The molecular formula is C17H24ClN3O2. The second-order valence-corrected chi connectivity index (χ2v) is 6.57. The van der Waals surface area contributed by atoms with E-state index in [4.69, 9.17) is 17.3 Å². The van der Waals surface area contributed by atoms with E-state index in [1.807, 2.05) is 24.3 Å². The summed E-state index contributed by atoms with van der Waals surface area (Å²) in [6, 6.07) is 7.56. The number of amides is 2. The molecule has 1 aromatic carbocycles. The van der Waals surface area contributed by atoms with Gasteiger partial charge in [-0.25, -0.2) is 0 Å². The summed E-state index contributed by atoms with van der Waals surface area (Å²) in [4.78, 5) is 25.7. The quantitative estimate of drug-likeness (QED) is 0.876. The maximum absolute atomic E-state index is 12.4.